The first-order valence-corrected chi connectivity index (χ1v) is 6.03. The molecule has 3 heteroatoms. The van der Waals surface area contributed by atoms with Crippen LogP contribution in [0.1, 0.15) is 24.8 Å². The minimum Gasteiger partial charge on any atom is -0.494 e. The highest BCUT2D eigenvalue weighted by molar-refractivity contribution is 5.28. The van der Waals surface area contributed by atoms with Gasteiger partial charge in [0.25, 0.3) is 0 Å². The summed E-state index contributed by atoms with van der Waals surface area (Å²) in [7, 11) is 0. The highest BCUT2D eigenvalue weighted by Crippen LogP contribution is 2.20. The number of hydrogen-bond acceptors (Lipinski definition) is 3. The number of hydrogen-bond donors (Lipinski definition) is 2. The van der Waals surface area contributed by atoms with Crippen LogP contribution in [0.5, 0.6) is 5.75 Å². The van der Waals surface area contributed by atoms with Gasteiger partial charge in [-0.3, -0.25) is 0 Å². The van der Waals surface area contributed by atoms with Crippen molar-refractivity contribution in [2.24, 2.45) is 5.73 Å². The van der Waals surface area contributed by atoms with Gasteiger partial charge >= 0.3 is 0 Å². The lowest BCUT2D eigenvalue weighted by Gasteiger charge is -2.08. The van der Waals surface area contributed by atoms with Crippen molar-refractivity contribution in [3.63, 3.8) is 0 Å². The van der Waals surface area contributed by atoms with E-state index in [1.54, 1.807) is 0 Å². The Kier molecular flexibility index (Phi) is 4.19. The molecule has 0 heterocycles. The second kappa shape index (κ2) is 5.87. The predicted molar refractivity (Wildman–Crippen MR) is 65.5 cm³/mol. The minimum atomic E-state index is 0.683. The number of rotatable bonds is 7. The first-order valence-electron chi connectivity index (χ1n) is 6.03. The van der Waals surface area contributed by atoms with E-state index < -0.39 is 0 Å². The van der Waals surface area contributed by atoms with E-state index >= 15 is 0 Å². The summed E-state index contributed by atoms with van der Waals surface area (Å²) >= 11 is 0. The lowest BCUT2D eigenvalue weighted by atomic mass is 10.2. The zero-order valence-electron chi connectivity index (χ0n) is 9.61. The summed E-state index contributed by atoms with van der Waals surface area (Å²) < 4.78 is 5.60. The Morgan fingerprint density at radius 2 is 2.25 bits per heavy atom. The maximum absolute atomic E-state index is 5.60. The summed E-state index contributed by atoms with van der Waals surface area (Å²) in [6.45, 7) is 2.33. The van der Waals surface area contributed by atoms with E-state index in [9.17, 15) is 0 Å². The van der Waals surface area contributed by atoms with Gasteiger partial charge < -0.3 is 15.8 Å². The van der Waals surface area contributed by atoms with Crippen molar-refractivity contribution in [2.75, 3.05) is 13.2 Å². The molecule has 0 unspecified atom stereocenters. The summed E-state index contributed by atoms with van der Waals surface area (Å²) in [5.74, 6) is 0.948. The zero-order chi connectivity index (χ0) is 11.2. The van der Waals surface area contributed by atoms with Crippen LogP contribution >= 0.6 is 0 Å². The van der Waals surface area contributed by atoms with Crippen LogP contribution in [0.4, 0.5) is 0 Å². The Morgan fingerprint density at radius 3 is 3.00 bits per heavy atom. The molecule has 1 aliphatic rings. The fourth-order valence-corrected chi connectivity index (χ4v) is 1.57. The molecule has 0 aliphatic heterocycles. The molecule has 0 amide bonds. The SMILES string of the molecule is NCCCOc1cccc(CNC2CC2)c1. The highest BCUT2D eigenvalue weighted by Gasteiger charge is 2.19. The topological polar surface area (TPSA) is 47.3 Å². The molecule has 3 N–H and O–H groups in total. The summed E-state index contributed by atoms with van der Waals surface area (Å²) in [6, 6.07) is 9.03. The molecule has 88 valence electrons. The molecule has 0 atom stereocenters. The van der Waals surface area contributed by atoms with Crippen LogP contribution in [-0.4, -0.2) is 19.2 Å². The van der Waals surface area contributed by atoms with Crippen molar-refractivity contribution < 1.29 is 4.74 Å². The van der Waals surface area contributed by atoms with Gasteiger partial charge in [-0.2, -0.15) is 0 Å². The Labute approximate surface area is 97.0 Å². The molecule has 16 heavy (non-hydrogen) atoms. The standard InChI is InChI=1S/C13H20N2O/c14-7-2-8-16-13-4-1-3-11(9-13)10-15-12-5-6-12/h1,3-4,9,12,15H,2,5-8,10,14H2. The molecule has 0 spiro atoms. The normalized spacial score (nSPS) is 15.1. The van der Waals surface area contributed by atoms with Crippen molar-refractivity contribution in [1.82, 2.24) is 5.32 Å². The van der Waals surface area contributed by atoms with Crippen molar-refractivity contribution >= 4 is 0 Å². The van der Waals surface area contributed by atoms with Gasteiger partial charge in [0, 0.05) is 12.6 Å². The second-order valence-corrected chi connectivity index (χ2v) is 4.29. The molecule has 1 saturated carbocycles. The van der Waals surface area contributed by atoms with E-state index in [-0.39, 0.29) is 0 Å². The zero-order valence-corrected chi connectivity index (χ0v) is 9.61. The molecule has 3 nitrogen and oxygen atoms in total. The van der Waals surface area contributed by atoms with Gasteiger partial charge in [0.15, 0.2) is 0 Å². The number of nitrogens with one attached hydrogen (secondary N) is 1. The van der Waals surface area contributed by atoms with Crippen LogP contribution in [0.2, 0.25) is 0 Å². The van der Waals surface area contributed by atoms with Crippen LogP contribution in [0.3, 0.4) is 0 Å². The summed E-state index contributed by atoms with van der Waals surface area (Å²) in [5, 5.41) is 3.49. The minimum absolute atomic E-state index is 0.683. The Hall–Kier alpha value is -1.06. The van der Waals surface area contributed by atoms with E-state index in [1.165, 1.54) is 18.4 Å². The second-order valence-electron chi connectivity index (χ2n) is 4.29. The maximum atomic E-state index is 5.60. The van der Waals surface area contributed by atoms with E-state index in [2.05, 4.69) is 17.4 Å². The van der Waals surface area contributed by atoms with Crippen molar-refractivity contribution in [3.05, 3.63) is 29.8 Å². The number of nitrogens with two attached hydrogens (primary N) is 1. The average Bonchev–Trinajstić information content (AvgIpc) is 3.11. The summed E-state index contributed by atoms with van der Waals surface area (Å²) in [6.07, 6.45) is 3.56. The van der Waals surface area contributed by atoms with E-state index in [0.29, 0.717) is 13.2 Å². The molecule has 1 aromatic rings. The van der Waals surface area contributed by atoms with Crippen LogP contribution < -0.4 is 15.8 Å². The third kappa shape index (κ3) is 3.83. The van der Waals surface area contributed by atoms with Gasteiger partial charge in [0.2, 0.25) is 0 Å². The molecule has 1 fully saturated rings. The first-order chi connectivity index (χ1) is 7.88. The number of ether oxygens (including phenoxy) is 1. The lowest BCUT2D eigenvalue weighted by Crippen LogP contribution is -2.15. The first kappa shape index (κ1) is 11.4. The molecule has 2 rings (SSSR count). The van der Waals surface area contributed by atoms with Crippen LogP contribution in [0, 0.1) is 0 Å². The van der Waals surface area contributed by atoms with Crippen molar-refractivity contribution in [2.45, 2.75) is 31.8 Å². The molecule has 1 aromatic carbocycles. The smallest absolute Gasteiger partial charge is 0.119 e. The van der Waals surface area contributed by atoms with E-state index in [1.807, 2.05) is 12.1 Å². The van der Waals surface area contributed by atoms with E-state index in [4.69, 9.17) is 10.5 Å². The quantitative estimate of drug-likeness (QED) is 0.687. The van der Waals surface area contributed by atoms with Crippen LogP contribution in [0.15, 0.2) is 24.3 Å². The third-order valence-electron chi connectivity index (χ3n) is 2.69. The molecular formula is C13H20N2O. The molecule has 0 bridgehead atoms. The van der Waals surface area contributed by atoms with Gasteiger partial charge in [0.05, 0.1) is 6.61 Å². The van der Waals surface area contributed by atoms with Gasteiger partial charge in [0.1, 0.15) is 5.75 Å². The molecule has 0 aromatic heterocycles. The average molecular weight is 220 g/mol. The fourth-order valence-electron chi connectivity index (χ4n) is 1.57. The fraction of sp³-hybridized carbons (Fsp3) is 0.538. The van der Waals surface area contributed by atoms with Crippen molar-refractivity contribution in [1.29, 1.82) is 0 Å². The lowest BCUT2D eigenvalue weighted by molar-refractivity contribution is 0.313. The monoisotopic (exact) mass is 220 g/mol. The molecule has 0 saturated heterocycles. The number of benzene rings is 1. The third-order valence-corrected chi connectivity index (χ3v) is 2.69. The highest BCUT2D eigenvalue weighted by atomic mass is 16.5. The Bertz CT molecular complexity index is 323. The Morgan fingerprint density at radius 1 is 1.38 bits per heavy atom. The van der Waals surface area contributed by atoms with Gasteiger partial charge in [-0.15, -0.1) is 0 Å². The maximum Gasteiger partial charge on any atom is 0.119 e. The van der Waals surface area contributed by atoms with Gasteiger partial charge in [-0.25, -0.2) is 0 Å². The molecular weight excluding hydrogens is 200 g/mol. The van der Waals surface area contributed by atoms with E-state index in [0.717, 1.165) is 24.8 Å². The van der Waals surface area contributed by atoms with Crippen LogP contribution in [-0.2, 0) is 6.54 Å². The molecule has 1 aliphatic carbocycles. The summed E-state index contributed by atoms with van der Waals surface area (Å²) in [4.78, 5) is 0. The molecule has 0 radical (unpaired) electrons. The van der Waals surface area contributed by atoms with Crippen LogP contribution in [0.25, 0.3) is 0 Å². The Balaban J connectivity index is 1.80. The van der Waals surface area contributed by atoms with Gasteiger partial charge in [-0.1, -0.05) is 12.1 Å². The largest absolute Gasteiger partial charge is 0.494 e. The van der Waals surface area contributed by atoms with Gasteiger partial charge in [-0.05, 0) is 43.5 Å². The van der Waals surface area contributed by atoms with Crippen molar-refractivity contribution in [3.8, 4) is 5.75 Å². The summed E-state index contributed by atoms with van der Waals surface area (Å²) in [5.41, 5.74) is 6.71. The predicted octanol–water partition coefficient (Wildman–Crippen LogP) is 1.67.